The van der Waals surface area contributed by atoms with Gasteiger partial charge < -0.3 is 0 Å². The number of rotatable bonds is 7. The second kappa shape index (κ2) is 21.2. The minimum atomic E-state index is -3.58. The minimum absolute atomic E-state index is 0.00656. The summed E-state index contributed by atoms with van der Waals surface area (Å²) < 4.78 is 238. The maximum absolute atomic E-state index is 10.5. The van der Waals surface area contributed by atoms with E-state index < -0.39 is 166 Å². The van der Waals surface area contributed by atoms with Crippen molar-refractivity contribution in [3.63, 3.8) is 0 Å². The molecule has 478 valence electrons. The van der Waals surface area contributed by atoms with Crippen LogP contribution in [0, 0.1) is 0 Å². The Kier molecular flexibility index (Phi) is 8.30. The Hall–Kier alpha value is -12.2. The van der Waals surface area contributed by atoms with E-state index in [0.717, 1.165) is 26.6 Å². The van der Waals surface area contributed by atoms with Crippen molar-refractivity contribution in [1.29, 1.82) is 0 Å². The monoisotopic (exact) mass is 1390 g/mol. The average Bonchev–Trinajstić information content (AvgIpc) is 1.65. The Labute approximate surface area is 631 Å². The first-order chi connectivity index (χ1) is 60.0. The number of fused-ring (bicyclic) bond motifs is 20. The van der Waals surface area contributed by atoms with Gasteiger partial charge in [-0.2, -0.15) is 0 Å². The maximum atomic E-state index is 10.5. The van der Waals surface area contributed by atoms with Crippen LogP contribution in [0.5, 0.6) is 23.0 Å². The number of hydrogen-bond acceptors (Lipinski definition) is 4. The van der Waals surface area contributed by atoms with Crippen molar-refractivity contribution in [3.05, 3.63) is 315 Å². The number of anilines is 6. The van der Waals surface area contributed by atoms with Gasteiger partial charge in [0, 0.05) is 0 Å². The van der Waals surface area contributed by atoms with Crippen LogP contribution < -0.4 is 72.8 Å². The molecule has 15 aromatic carbocycles. The first-order valence-electron chi connectivity index (χ1n) is 45.3. The molecule has 6 nitrogen and oxygen atoms in total. The molecule has 0 aliphatic carbocycles. The molecule has 103 heavy (non-hydrogen) atoms. The van der Waals surface area contributed by atoms with Gasteiger partial charge in [0.2, 0.25) is 0 Å². The van der Waals surface area contributed by atoms with Crippen LogP contribution in [-0.2, 0) is 0 Å². The third kappa shape index (κ3) is 7.81. The standard InChI is InChI=1S/C93H61B3GeN4O2/c1-97(2,3)60-52-75-83-76(53-60)101(89-63(58-32-12-6-13-33-58)40-25-41-64(89)59-34-14-7-15-35-59)80-55-78-85-93(103-82-51-23-19-45-70(82)95(85)72-47-27-43-68-66-37-17-21-49-74(66)99(78)91(68)72)87(80)96(83)86-79(100(75)88-61(56-28-8-4-9-29-56)38-24-39-62(88)57-30-10-5-11-31-57)54-77-84-92(86)102-81-50-22-18-44-69(81)94(84)71-46-26-42-67-65-36-16-20-48-73(65)98(77)90(67)71/h4-55H,1-3H3/i16D,17D,18D,19D,20D,21D,22D,23D,26D,27D,36D,37D,42D,43D,44D,45D,46D,47D,48D,49D,50D,51D. The van der Waals surface area contributed by atoms with E-state index in [4.69, 9.17) is 9.47 Å². The molecule has 10 heteroatoms. The molecule has 0 amide bonds. The van der Waals surface area contributed by atoms with Gasteiger partial charge in [0.25, 0.3) is 0 Å². The van der Waals surface area contributed by atoms with Crippen LogP contribution in [0.1, 0.15) is 30.2 Å². The molecule has 0 unspecified atom stereocenters. The van der Waals surface area contributed by atoms with Crippen LogP contribution in [0.4, 0.5) is 34.1 Å². The zero-order valence-electron chi connectivity index (χ0n) is 77.2. The van der Waals surface area contributed by atoms with E-state index in [1.54, 1.807) is 9.13 Å². The summed E-state index contributed by atoms with van der Waals surface area (Å²) in [6.07, 6.45) is 0. The zero-order chi connectivity index (χ0) is 86.8. The molecule has 2 aromatic heterocycles. The van der Waals surface area contributed by atoms with E-state index in [2.05, 4.69) is 39.2 Å². The molecule has 23 rings (SSSR count). The Balaban J connectivity index is 1.01. The molecule has 0 bridgehead atoms. The summed E-state index contributed by atoms with van der Waals surface area (Å²) in [5, 5.41) is -0.541. The summed E-state index contributed by atoms with van der Waals surface area (Å²) in [6, 6.07) is 46.2. The van der Waals surface area contributed by atoms with Gasteiger partial charge in [0.1, 0.15) is 0 Å². The zero-order valence-corrected chi connectivity index (χ0v) is 57.3. The normalized spacial score (nSPS) is 16.6. The van der Waals surface area contributed by atoms with Crippen molar-refractivity contribution in [2.45, 2.75) is 17.3 Å². The SMILES string of the molecule is [2H]c1c([2H])c([2H])c2c(c1[2H])Oc1c3c(cc4c1B2c1c([2H])c([2H])c([2H])c2c5c([2H])c([2H])c([2H])c([2H])c5n-4c12)N(c1c(-c2ccccc2)cccc1-c1ccccc1)c1c[c]([Ge]([CH3])([CH3])[CH3])cc2c1B3c1c(cc3c4c1Oc1c([2H])c([2H])c([2H])c([2H])c1B4c1c([2H])c([2H])c([2H])c4c5c([2H])c([2H])c([2H])c([2H])c5n-3c14)N2c1c(-c2ccccc2)cccc1-c1ccccc1. The van der Waals surface area contributed by atoms with E-state index >= 15 is 0 Å². The van der Waals surface area contributed by atoms with Gasteiger partial charge in [-0.15, -0.1) is 0 Å². The van der Waals surface area contributed by atoms with Crippen molar-refractivity contribution in [2.24, 2.45) is 0 Å². The van der Waals surface area contributed by atoms with Gasteiger partial charge in [-0.3, -0.25) is 0 Å². The summed E-state index contributed by atoms with van der Waals surface area (Å²) in [6.45, 7) is -4.55. The Morgan fingerprint density at radius 1 is 0.311 bits per heavy atom. The Bertz CT molecular complexity index is 7410. The van der Waals surface area contributed by atoms with Gasteiger partial charge in [-0.05, 0) is 0 Å². The summed E-state index contributed by atoms with van der Waals surface area (Å²) in [4.78, 5) is 4.36. The van der Waals surface area contributed by atoms with E-state index in [9.17, 15) is 30.2 Å². The summed E-state index contributed by atoms with van der Waals surface area (Å²) >= 11 is -3.58. The number of hydrogen-bond donors (Lipinski definition) is 0. The van der Waals surface area contributed by atoms with Crippen LogP contribution in [0.2, 0.25) is 17.3 Å². The first-order valence-corrected chi connectivity index (χ1v) is 41.6. The van der Waals surface area contributed by atoms with Crippen LogP contribution >= 0.6 is 0 Å². The topological polar surface area (TPSA) is 34.8 Å². The van der Waals surface area contributed by atoms with Crippen molar-refractivity contribution < 1.29 is 39.6 Å². The fraction of sp³-hybridized carbons (Fsp3) is 0.0323. The van der Waals surface area contributed by atoms with Gasteiger partial charge in [-0.25, -0.2) is 0 Å². The predicted octanol–water partition coefficient (Wildman–Crippen LogP) is 17.0. The Morgan fingerprint density at radius 2 is 0.650 bits per heavy atom. The molecule has 8 heterocycles. The van der Waals surface area contributed by atoms with E-state index in [-0.39, 0.29) is 122 Å². The second-order valence-corrected chi connectivity index (χ2v) is 38.6. The molecule has 6 aliphatic heterocycles. The van der Waals surface area contributed by atoms with Crippen molar-refractivity contribution in [3.8, 4) is 78.9 Å². The number of benzene rings is 15. The van der Waals surface area contributed by atoms with Gasteiger partial charge in [-0.1, -0.05) is 0 Å². The third-order valence-electron chi connectivity index (χ3n) is 21.8. The number of para-hydroxylation sites is 8. The second-order valence-electron chi connectivity index (χ2n) is 28.0. The molecule has 0 N–H and O–H groups in total. The molecular formula is C93H61B3GeN4O2. The predicted molar refractivity (Wildman–Crippen MR) is 436 cm³/mol. The molecule has 0 saturated carbocycles. The van der Waals surface area contributed by atoms with Gasteiger partial charge in [0.05, 0.1) is 8.22 Å². The third-order valence-corrected chi connectivity index (χ3v) is 26.0. The molecule has 0 saturated heterocycles. The number of nitrogens with zero attached hydrogens (tertiary/aromatic N) is 4. The molecule has 17 aromatic rings. The average molecular weight is 1390 g/mol. The first kappa shape index (κ1) is 40.3. The molecule has 0 atom stereocenters. The molecule has 0 radical (unpaired) electrons. The summed E-state index contributed by atoms with van der Waals surface area (Å²) in [5.74, 6) is 5.90. The molecule has 0 spiro atoms. The van der Waals surface area contributed by atoms with Crippen molar-refractivity contribution in [2.75, 3.05) is 9.80 Å². The molecule has 0 fully saturated rings. The van der Waals surface area contributed by atoms with Crippen LogP contribution in [-0.4, -0.2) is 42.5 Å². The van der Waals surface area contributed by atoms with Crippen LogP contribution in [0.15, 0.2) is 315 Å². The van der Waals surface area contributed by atoms with E-state index in [1.165, 1.54) is 0 Å². The van der Waals surface area contributed by atoms with Crippen LogP contribution in [0.3, 0.4) is 0 Å². The van der Waals surface area contributed by atoms with Crippen molar-refractivity contribution in [1.82, 2.24) is 9.13 Å². The van der Waals surface area contributed by atoms with Crippen LogP contribution in [0.25, 0.3) is 99.5 Å². The summed E-state index contributed by atoms with van der Waals surface area (Å²) in [7, 11) is 0. The fourth-order valence-electron chi connectivity index (χ4n) is 17.6. The summed E-state index contributed by atoms with van der Waals surface area (Å²) in [5.41, 5.74) is 9.42. The van der Waals surface area contributed by atoms with E-state index in [1.807, 2.05) is 170 Å². The van der Waals surface area contributed by atoms with E-state index in [0.29, 0.717) is 61.8 Å². The quantitative estimate of drug-likeness (QED) is 0.149. The number of aromatic nitrogens is 2. The fourth-order valence-corrected chi connectivity index (χ4v) is 20.0. The molecule has 6 aliphatic rings. The van der Waals surface area contributed by atoms with Gasteiger partial charge >= 0.3 is 626 Å². The van der Waals surface area contributed by atoms with Gasteiger partial charge in [0.15, 0.2) is 0 Å². The number of ether oxygens (including phenoxy) is 2. The Morgan fingerprint density at radius 3 is 1.05 bits per heavy atom. The molecular weight excluding hydrogens is 1310 g/mol. The van der Waals surface area contributed by atoms with Crippen molar-refractivity contribution >= 4 is 165 Å².